The minimum atomic E-state index is -3.30. The topological polar surface area (TPSA) is 73.8 Å². The van der Waals surface area contributed by atoms with E-state index in [0.717, 1.165) is 12.1 Å². The minimum Gasteiger partial charge on any atom is -0.355 e. The Morgan fingerprint density at radius 1 is 0.933 bits per heavy atom. The molecule has 30 heavy (non-hydrogen) atoms. The molecule has 3 rings (SSSR count). The molecule has 0 atom stereocenters. The molecule has 0 saturated carbocycles. The number of hydrogen-bond acceptors (Lipinski definition) is 4. The molecule has 6 nitrogen and oxygen atoms in total. The summed E-state index contributed by atoms with van der Waals surface area (Å²) >= 11 is 0. The van der Waals surface area contributed by atoms with Gasteiger partial charge in [0.05, 0.1) is 10.6 Å². The summed E-state index contributed by atoms with van der Waals surface area (Å²) in [5, 5.41) is 6.33. The van der Waals surface area contributed by atoms with E-state index in [-0.39, 0.29) is 5.75 Å². The van der Waals surface area contributed by atoms with Crippen molar-refractivity contribution in [2.45, 2.75) is 37.2 Å². The highest BCUT2D eigenvalue weighted by atomic mass is 32.2. The quantitative estimate of drug-likeness (QED) is 0.500. The van der Waals surface area contributed by atoms with Crippen molar-refractivity contribution in [2.75, 3.05) is 32.4 Å². The molecule has 2 N–H and O–H groups in total. The average molecular weight is 429 g/mol. The van der Waals surface area contributed by atoms with Gasteiger partial charge in [-0.1, -0.05) is 48.9 Å². The summed E-state index contributed by atoms with van der Waals surface area (Å²) in [6, 6.07) is 17.2. The van der Waals surface area contributed by atoms with Crippen LogP contribution >= 0.6 is 0 Å². The Morgan fingerprint density at radius 3 is 2.27 bits per heavy atom. The van der Waals surface area contributed by atoms with Crippen LogP contribution in [0.4, 0.5) is 0 Å². The van der Waals surface area contributed by atoms with Crippen LogP contribution in [0.25, 0.3) is 0 Å². The normalized spacial score (nSPS) is 15.7. The van der Waals surface area contributed by atoms with Gasteiger partial charge in [0, 0.05) is 26.7 Å². The second-order valence-electron chi connectivity index (χ2n) is 7.64. The van der Waals surface area contributed by atoms with E-state index in [1.807, 2.05) is 6.07 Å². The van der Waals surface area contributed by atoms with Gasteiger partial charge in [0.2, 0.25) is 0 Å². The largest absolute Gasteiger partial charge is 0.355 e. The molecule has 1 saturated heterocycles. The predicted molar refractivity (Wildman–Crippen MR) is 122 cm³/mol. The molecule has 1 fully saturated rings. The zero-order chi connectivity index (χ0) is 21.2. The maximum atomic E-state index is 12.4. The lowest BCUT2D eigenvalue weighted by Gasteiger charge is -2.26. The fourth-order valence-electron chi connectivity index (χ4n) is 3.59. The van der Waals surface area contributed by atoms with Crippen molar-refractivity contribution in [1.82, 2.24) is 15.5 Å². The van der Waals surface area contributed by atoms with Gasteiger partial charge in [-0.05, 0) is 49.2 Å². The van der Waals surface area contributed by atoms with Gasteiger partial charge in [-0.3, -0.25) is 9.89 Å². The van der Waals surface area contributed by atoms with Crippen molar-refractivity contribution < 1.29 is 8.42 Å². The number of sulfone groups is 1. The van der Waals surface area contributed by atoms with Crippen molar-refractivity contribution in [3.8, 4) is 0 Å². The van der Waals surface area contributed by atoms with Crippen LogP contribution in [0.5, 0.6) is 0 Å². The molecule has 0 unspecified atom stereocenters. The molecular weight excluding hydrogens is 396 g/mol. The second kappa shape index (κ2) is 11.1. The van der Waals surface area contributed by atoms with E-state index in [0.29, 0.717) is 23.9 Å². The minimum absolute atomic E-state index is 0.0168. The maximum absolute atomic E-state index is 12.4. The first kappa shape index (κ1) is 22.3. The monoisotopic (exact) mass is 428 g/mol. The number of piperidine rings is 1. The van der Waals surface area contributed by atoms with E-state index < -0.39 is 9.84 Å². The van der Waals surface area contributed by atoms with E-state index in [9.17, 15) is 8.42 Å². The first-order chi connectivity index (χ1) is 14.6. The Morgan fingerprint density at radius 2 is 1.60 bits per heavy atom. The zero-order valence-corrected chi connectivity index (χ0v) is 18.5. The predicted octanol–water partition coefficient (Wildman–Crippen LogP) is 2.81. The van der Waals surface area contributed by atoms with Crippen molar-refractivity contribution in [2.24, 2.45) is 4.99 Å². The van der Waals surface area contributed by atoms with Gasteiger partial charge in [0.15, 0.2) is 15.8 Å². The number of nitrogens with zero attached hydrogens (tertiary/aromatic N) is 2. The molecule has 7 heteroatoms. The second-order valence-corrected chi connectivity index (χ2v) is 9.75. The maximum Gasteiger partial charge on any atom is 0.191 e. The smallest absolute Gasteiger partial charge is 0.191 e. The van der Waals surface area contributed by atoms with Crippen molar-refractivity contribution >= 4 is 15.8 Å². The lowest BCUT2D eigenvalue weighted by Crippen LogP contribution is -2.39. The number of rotatable bonds is 8. The van der Waals surface area contributed by atoms with Crippen LogP contribution in [0, 0.1) is 0 Å². The SMILES string of the molecule is CN=C(NCCS(=O)(=O)c1ccccc1)NCc1ccc(CN2CCCCC2)cc1. The first-order valence-electron chi connectivity index (χ1n) is 10.6. The van der Waals surface area contributed by atoms with Gasteiger partial charge < -0.3 is 10.6 Å². The molecule has 0 bridgehead atoms. The molecule has 1 aliphatic heterocycles. The van der Waals surface area contributed by atoms with E-state index in [2.05, 4.69) is 44.8 Å². The van der Waals surface area contributed by atoms with Crippen LogP contribution in [0.1, 0.15) is 30.4 Å². The molecular formula is C23H32N4O2S. The van der Waals surface area contributed by atoms with Crippen molar-refractivity contribution in [1.29, 1.82) is 0 Å². The summed E-state index contributed by atoms with van der Waals surface area (Å²) in [4.78, 5) is 7.05. The molecule has 0 amide bonds. The molecule has 2 aromatic carbocycles. The van der Waals surface area contributed by atoms with E-state index in [1.165, 1.54) is 37.9 Å². The summed E-state index contributed by atoms with van der Waals surface area (Å²) in [5.74, 6) is 0.610. The van der Waals surface area contributed by atoms with Gasteiger partial charge in [-0.15, -0.1) is 0 Å². The number of hydrogen-bond donors (Lipinski definition) is 2. The highest BCUT2D eigenvalue weighted by Gasteiger charge is 2.13. The van der Waals surface area contributed by atoms with Crippen LogP contribution in [0.15, 0.2) is 64.5 Å². The van der Waals surface area contributed by atoms with Crippen LogP contribution in [0.3, 0.4) is 0 Å². The van der Waals surface area contributed by atoms with Gasteiger partial charge in [-0.2, -0.15) is 0 Å². The summed E-state index contributed by atoms with van der Waals surface area (Å²) < 4.78 is 24.7. The third kappa shape index (κ3) is 6.85. The molecule has 1 aliphatic rings. The Kier molecular flexibility index (Phi) is 8.28. The standard InChI is InChI=1S/C23H32N4O2S/c1-24-23(25-14-17-30(28,29)22-8-4-2-5-9-22)26-18-20-10-12-21(13-11-20)19-27-15-6-3-7-16-27/h2,4-5,8-13H,3,6-7,14-19H2,1H3,(H2,24,25,26). The molecule has 1 heterocycles. The molecule has 0 aromatic heterocycles. The molecule has 0 radical (unpaired) electrons. The third-order valence-electron chi connectivity index (χ3n) is 5.33. The van der Waals surface area contributed by atoms with Gasteiger partial charge in [0.1, 0.15) is 0 Å². The third-order valence-corrected chi connectivity index (χ3v) is 7.06. The van der Waals surface area contributed by atoms with E-state index >= 15 is 0 Å². The summed E-state index contributed by atoms with van der Waals surface area (Å²) in [6.07, 6.45) is 3.97. The number of likely N-dealkylation sites (tertiary alicyclic amines) is 1. The highest BCUT2D eigenvalue weighted by molar-refractivity contribution is 7.91. The van der Waals surface area contributed by atoms with E-state index in [4.69, 9.17) is 0 Å². The number of benzene rings is 2. The lowest BCUT2D eigenvalue weighted by atomic mass is 10.1. The first-order valence-corrected chi connectivity index (χ1v) is 12.2. The fraction of sp³-hybridized carbons (Fsp3) is 0.435. The van der Waals surface area contributed by atoms with Crippen LogP contribution in [0.2, 0.25) is 0 Å². The Hall–Kier alpha value is -2.38. The molecule has 0 spiro atoms. The molecule has 0 aliphatic carbocycles. The van der Waals surface area contributed by atoms with Crippen LogP contribution < -0.4 is 10.6 Å². The van der Waals surface area contributed by atoms with Gasteiger partial charge in [0.25, 0.3) is 0 Å². The van der Waals surface area contributed by atoms with E-state index in [1.54, 1.807) is 31.3 Å². The average Bonchev–Trinajstić information content (AvgIpc) is 2.78. The van der Waals surface area contributed by atoms with Crippen molar-refractivity contribution in [3.63, 3.8) is 0 Å². The van der Waals surface area contributed by atoms with Crippen LogP contribution in [-0.2, 0) is 22.9 Å². The number of nitrogens with one attached hydrogen (secondary N) is 2. The van der Waals surface area contributed by atoms with Gasteiger partial charge in [-0.25, -0.2) is 8.42 Å². The summed E-state index contributed by atoms with van der Waals surface area (Å²) in [6.45, 7) is 4.35. The molecule has 2 aromatic rings. The van der Waals surface area contributed by atoms with Crippen molar-refractivity contribution in [3.05, 3.63) is 65.7 Å². The molecule has 162 valence electrons. The number of aliphatic imine (C=N–C) groups is 1. The Bertz CT molecular complexity index is 906. The van der Waals surface area contributed by atoms with Crippen LogP contribution in [-0.4, -0.2) is 51.7 Å². The summed E-state index contributed by atoms with van der Waals surface area (Å²) in [5.41, 5.74) is 2.51. The zero-order valence-electron chi connectivity index (χ0n) is 17.7. The summed E-state index contributed by atoms with van der Waals surface area (Å²) in [7, 11) is -1.61. The van der Waals surface area contributed by atoms with Gasteiger partial charge >= 0.3 is 0 Å². The Labute approximate surface area is 180 Å². The lowest BCUT2D eigenvalue weighted by molar-refractivity contribution is 0.221. The number of guanidine groups is 1. The fourth-order valence-corrected chi connectivity index (χ4v) is 4.77. The Balaban J connectivity index is 1.42. The highest BCUT2D eigenvalue weighted by Crippen LogP contribution is 2.13.